The molecule has 2 N–H and O–H groups in total. The molecule has 0 spiro atoms. The first-order chi connectivity index (χ1) is 2.83. The minimum Gasteiger partial charge on any atom is -0.310 e. The molecule has 0 saturated carbocycles. The van der Waals surface area contributed by atoms with Gasteiger partial charge in [-0.3, -0.25) is 0 Å². The SMILES string of the molecule is O=PO.O=PO.[Ni]. The maximum absolute atomic E-state index is 8.46. The van der Waals surface area contributed by atoms with E-state index in [0.717, 1.165) is 0 Å². The van der Waals surface area contributed by atoms with E-state index in [2.05, 4.69) is 0 Å². The minimum absolute atomic E-state index is 0. The van der Waals surface area contributed by atoms with E-state index in [1.54, 1.807) is 0 Å². The van der Waals surface area contributed by atoms with E-state index < -0.39 is 17.4 Å². The third kappa shape index (κ3) is 374. The third-order valence-corrected chi connectivity index (χ3v) is 0. The van der Waals surface area contributed by atoms with Gasteiger partial charge in [-0.05, 0) is 0 Å². The fourth-order valence-corrected chi connectivity index (χ4v) is 0. The molecular weight excluding hydrogens is 185 g/mol. The Balaban J connectivity index is -0.0000000400. The number of hydrogen-bond acceptors (Lipinski definition) is 2. The first-order valence-electron chi connectivity index (χ1n) is 0.765. The van der Waals surface area contributed by atoms with Crippen molar-refractivity contribution in [3.8, 4) is 0 Å². The fourth-order valence-electron chi connectivity index (χ4n) is 0. The largest absolute Gasteiger partial charge is 0.324 e. The molecule has 0 aliphatic heterocycles. The molecule has 0 aromatic carbocycles. The van der Waals surface area contributed by atoms with Gasteiger partial charge in [-0.25, -0.2) is 9.13 Å². The van der Waals surface area contributed by atoms with Crippen LogP contribution in [0.3, 0.4) is 0 Å². The second kappa shape index (κ2) is 30.5. The first kappa shape index (κ1) is 15.6. The van der Waals surface area contributed by atoms with Crippen LogP contribution in [0, 0.1) is 0 Å². The summed E-state index contributed by atoms with van der Waals surface area (Å²) in [5, 5.41) is 0. The predicted octanol–water partition coefficient (Wildman–Crippen LogP) is 0.368. The van der Waals surface area contributed by atoms with Crippen molar-refractivity contribution in [1.29, 1.82) is 0 Å². The Kier molecular flexibility index (Phi) is 68.2. The van der Waals surface area contributed by atoms with E-state index >= 15 is 0 Å². The van der Waals surface area contributed by atoms with Crippen molar-refractivity contribution in [2.24, 2.45) is 0 Å². The molecule has 0 aromatic heterocycles. The summed E-state index contributed by atoms with van der Waals surface area (Å²) in [7, 11) is -1.67. The average Bonchev–Trinajstić information content (AvgIpc) is 1.39. The quantitative estimate of drug-likeness (QED) is 0.424. The fraction of sp³-hybridized carbons (Fsp3) is 0. The molecule has 7 heavy (non-hydrogen) atoms. The van der Waals surface area contributed by atoms with Crippen LogP contribution in [-0.2, 0) is 25.6 Å². The summed E-state index contributed by atoms with van der Waals surface area (Å²) in [6, 6.07) is 0. The van der Waals surface area contributed by atoms with Gasteiger partial charge >= 0.3 is 17.4 Å². The zero-order valence-electron chi connectivity index (χ0n) is 2.92. The van der Waals surface area contributed by atoms with Gasteiger partial charge in [0, 0.05) is 16.5 Å². The molecule has 0 fully saturated rings. The second-order valence-electron chi connectivity index (χ2n) is 0.163. The van der Waals surface area contributed by atoms with Crippen molar-refractivity contribution in [1.82, 2.24) is 0 Å². The summed E-state index contributed by atoms with van der Waals surface area (Å²) >= 11 is 0. The summed E-state index contributed by atoms with van der Waals surface area (Å²) in [6.45, 7) is 0. The molecule has 0 aliphatic rings. The van der Waals surface area contributed by atoms with Gasteiger partial charge in [0.2, 0.25) is 0 Å². The Morgan fingerprint density at radius 1 is 1.00 bits per heavy atom. The first-order valence-corrected chi connectivity index (χ1v) is 2.30. The normalized spacial score (nSPS) is 6.00. The maximum Gasteiger partial charge on any atom is 0.324 e. The molecular formula is H2NiO4P2. The van der Waals surface area contributed by atoms with Gasteiger partial charge in [-0.15, -0.1) is 0 Å². The van der Waals surface area contributed by atoms with E-state index in [0.29, 0.717) is 0 Å². The Morgan fingerprint density at radius 2 is 1.00 bits per heavy atom. The van der Waals surface area contributed by atoms with Gasteiger partial charge in [0.15, 0.2) is 0 Å². The Bertz CT molecular complexity index is 30.7. The van der Waals surface area contributed by atoms with Crippen LogP contribution in [-0.4, -0.2) is 9.79 Å². The summed E-state index contributed by atoms with van der Waals surface area (Å²) in [5.74, 6) is 0. The van der Waals surface area contributed by atoms with Crippen molar-refractivity contribution in [2.45, 2.75) is 0 Å². The predicted molar refractivity (Wildman–Crippen MR) is 19.7 cm³/mol. The van der Waals surface area contributed by atoms with Crippen molar-refractivity contribution in [3.05, 3.63) is 0 Å². The van der Waals surface area contributed by atoms with Gasteiger partial charge < -0.3 is 9.79 Å². The van der Waals surface area contributed by atoms with Crippen LogP contribution < -0.4 is 0 Å². The topological polar surface area (TPSA) is 74.6 Å². The molecule has 0 unspecified atom stereocenters. The Hall–Kier alpha value is 0.614. The van der Waals surface area contributed by atoms with Crippen LogP contribution in [0.1, 0.15) is 0 Å². The zero-order valence-corrected chi connectivity index (χ0v) is 5.70. The summed E-state index contributed by atoms with van der Waals surface area (Å²) in [4.78, 5) is 14.0. The van der Waals surface area contributed by atoms with Crippen molar-refractivity contribution < 1.29 is 35.4 Å². The summed E-state index contributed by atoms with van der Waals surface area (Å²) < 4.78 is 16.9. The molecule has 46 valence electrons. The average molecular weight is 187 g/mol. The van der Waals surface area contributed by atoms with Crippen LogP contribution in [0.5, 0.6) is 0 Å². The van der Waals surface area contributed by atoms with Gasteiger partial charge in [-0.1, -0.05) is 0 Å². The molecule has 7 heteroatoms. The number of hydrogen-bond donors (Lipinski definition) is 2. The molecule has 4 nitrogen and oxygen atoms in total. The van der Waals surface area contributed by atoms with Crippen LogP contribution in [0.4, 0.5) is 0 Å². The van der Waals surface area contributed by atoms with E-state index in [-0.39, 0.29) is 16.5 Å². The second-order valence-corrected chi connectivity index (χ2v) is 0.490. The third-order valence-electron chi connectivity index (χ3n) is 0. The molecule has 0 aromatic rings. The van der Waals surface area contributed by atoms with Crippen molar-refractivity contribution in [3.63, 3.8) is 0 Å². The summed E-state index contributed by atoms with van der Waals surface area (Å²) in [5.41, 5.74) is 0. The smallest absolute Gasteiger partial charge is 0.310 e. The molecule has 0 atom stereocenters. The Morgan fingerprint density at radius 3 is 1.00 bits per heavy atom. The van der Waals surface area contributed by atoms with E-state index in [4.69, 9.17) is 18.9 Å². The van der Waals surface area contributed by atoms with Gasteiger partial charge in [0.25, 0.3) is 0 Å². The van der Waals surface area contributed by atoms with Gasteiger partial charge in [0.05, 0.1) is 0 Å². The molecule has 0 rings (SSSR count). The maximum atomic E-state index is 8.46. The van der Waals surface area contributed by atoms with E-state index in [1.165, 1.54) is 0 Å². The molecule has 0 aliphatic carbocycles. The van der Waals surface area contributed by atoms with Crippen molar-refractivity contribution >= 4 is 17.4 Å². The molecule has 0 bridgehead atoms. The summed E-state index contributed by atoms with van der Waals surface area (Å²) in [6.07, 6.45) is 0. The zero-order chi connectivity index (χ0) is 5.41. The van der Waals surface area contributed by atoms with Crippen LogP contribution in [0.25, 0.3) is 0 Å². The van der Waals surface area contributed by atoms with Crippen LogP contribution in [0.15, 0.2) is 0 Å². The van der Waals surface area contributed by atoms with Crippen molar-refractivity contribution in [2.75, 3.05) is 0 Å². The molecule has 0 amide bonds. The van der Waals surface area contributed by atoms with Gasteiger partial charge in [-0.2, -0.15) is 0 Å². The minimum atomic E-state index is -0.833. The van der Waals surface area contributed by atoms with Gasteiger partial charge in [0.1, 0.15) is 0 Å². The molecule has 0 saturated heterocycles. The molecule has 0 heterocycles. The van der Waals surface area contributed by atoms with E-state index in [1.807, 2.05) is 0 Å². The number of rotatable bonds is 0. The van der Waals surface area contributed by atoms with Crippen LogP contribution in [0.2, 0.25) is 0 Å². The standard InChI is InChI=1S/Ni.2HO2P/c;2*1-3-2/h;2*(H,1,2). The Labute approximate surface area is 53.4 Å². The monoisotopic (exact) mass is 186 g/mol. The molecule has 0 radical (unpaired) electrons. The van der Waals surface area contributed by atoms with E-state index in [9.17, 15) is 0 Å². The van der Waals surface area contributed by atoms with Crippen LogP contribution >= 0.6 is 17.4 Å².